The van der Waals surface area contributed by atoms with Crippen LogP contribution < -0.4 is 5.32 Å². The van der Waals surface area contributed by atoms with Crippen molar-refractivity contribution in [1.82, 2.24) is 9.97 Å². The molecule has 0 amide bonds. The lowest BCUT2D eigenvalue weighted by Crippen LogP contribution is -2.16. The maximum Gasteiger partial charge on any atom is 0.140 e. The zero-order valence-corrected chi connectivity index (χ0v) is 7.13. The number of fused-ring (bicyclic) bond motifs is 1. The molecule has 0 radical (unpaired) electrons. The van der Waals surface area contributed by atoms with Crippen molar-refractivity contribution >= 4 is 11.7 Å². The highest BCUT2D eigenvalue weighted by Crippen LogP contribution is 2.16. The zero-order valence-electron chi connectivity index (χ0n) is 7.13. The Hall–Kier alpha value is -1.45. The summed E-state index contributed by atoms with van der Waals surface area (Å²) in [5.41, 5.74) is 1.06. The van der Waals surface area contributed by atoms with Crippen molar-refractivity contribution in [3.8, 4) is 0 Å². The minimum absolute atomic E-state index is 0.689. The van der Waals surface area contributed by atoms with Gasteiger partial charge >= 0.3 is 0 Å². The van der Waals surface area contributed by atoms with Crippen LogP contribution in [0.4, 0.5) is 5.82 Å². The Morgan fingerprint density at radius 2 is 2.25 bits per heavy atom. The van der Waals surface area contributed by atoms with Crippen molar-refractivity contribution in [1.29, 1.82) is 0 Å². The summed E-state index contributed by atoms with van der Waals surface area (Å²) in [5.74, 6) is 2.60. The topological polar surface area (TPSA) is 50.2 Å². The fourth-order valence-electron chi connectivity index (χ4n) is 1.13. The number of hydrogen-bond donors (Lipinski definition) is 1. The molecule has 2 heterocycles. The monoisotopic (exact) mass is 162 g/mol. The molecule has 1 N–H and O–H groups in total. The second-order valence-electron chi connectivity index (χ2n) is 2.82. The highest BCUT2D eigenvalue weighted by Gasteiger charge is 2.09. The fourth-order valence-corrected chi connectivity index (χ4v) is 1.13. The van der Waals surface area contributed by atoms with Gasteiger partial charge in [-0.25, -0.2) is 9.97 Å². The smallest absolute Gasteiger partial charge is 0.140 e. The van der Waals surface area contributed by atoms with Crippen LogP contribution in [-0.2, 0) is 6.54 Å². The summed E-state index contributed by atoms with van der Waals surface area (Å²) in [6.45, 7) is 4.50. The third-order valence-electron chi connectivity index (χ3n) is 1.77. The van der Waals surface area contributed by atoms with Gasteiger partial charge in [0.2, 0.25) is 0 Å². The molecule has 1 aliphatic rings. The number of nitrogens with one attached hydrogen (secondary N) is 1. The molecule has 0 aromatic carbocycles. The summed E-state index contributed by atoms with van der Waals surface area (Å²) in [5, 5.41) is 3.10. The average Bonchev–Trinajstić information content (AvgIpc) is 2.03. The SMILES string of the molecule is CC1=NCc2cnc(C)nc2N1. The normalized spacial score (nSPS) is 14.7. The minimum Gasteiger partial charge on any atom is -0.329 e. The molecular formula is C8H10N4. The molecule has 4 heteroatoms. The number of nitrogens with zero attached hydrogens (tertiary/aromatic N) is 3. The van der Waals surface area contributed by atoms with Gasteiger partial charge < -0.3 is 5.32 Å². The van der Waals surface area contributed by atoms with Gasteiger partial charge in [-0.15, -0.1) is 0 Å². The number of amidine groups is 1. The summed E-state index contributed by atoms with van der Waals surface area (Å²) in [4.78, 5) is 12.6. The maximum absolute atomic E-state index is 4.26. The van der Waals surface area contributed by atoms with Gasteiger partial charge in [0, 0.05) is 11.8 Å². The first-order valence-corrected chi connectivity index (χ1v) is 3.86. The second kappa shape index (κ2) is 2.55. The molecule has 0 saturated heterocycles. The van der Waals surface area contributed by atoms with Crippen molar-refractivity contribution in [3.63, 3.8) is 0 Å². The summed E-state index contributed by atoms with van der Waals surface area (Å²) >= 11 is 0. The van der Waals surface area contributed by atoms with E-state index in [0.717, 1.165) is 23.0 Å². The molecule has 1 aliphatic heterocycles. The molecule has 0 unspecified atom stereocenters. The molecule has 4 nitrogen and oxygen atoms in total. The van der Waals surface area contributed by atoms with E-state index in [-0.39, 0.29) is 0 Å². The number of aryl methyl sites for hydroxylation is 1. The molecule has 1 aromatic rings. The standard InChI is InChI=1S/C8H10N4/c1-5-9-3-7-4-10-6(2)12-8(7)11-5/h3H,4H2,1-2H3,(H,9,10,11,12). The Labute approximate surface area is 70.8 Å². The minimum atomic E-state index is 0.689. The number of aliphatic imine (C=N–C) groups is 1. The Morgan fingerprint density at radius 3 is 3.08 bits per heavy atom. The van der Waals surface area contributed by atoms with E-state index in [0.29, 0.717) is 6.54 Å². The van der Waals surface area contributed by atoms with Crippen LogP contribution in [-0.4, -0.2) is 15.8 Å². The van der Waals surface area contributed by atoms with E-state index >= 15 is 0 Å². The molecule has 0 fully saturated rings. The predicted molar refractivity (Wildman–Crippen MR) is 47.2 cm³/mol. The van der Waals surface area contributed by atoms with Gasteiger partial charge in [0.05, 0.1) is 12.4 Å². The second-order valence-corrected chi connectivity index (χ2v) is 2.82. The molecule has 0 aliphatic carbocycles. The molecule has 0 bridgehead atoms. The number of rotatable bonds is 0. The van der Waals surface area contributed by atoms with E-state index in [9.17, 15) is 0 Å². The van der Waals surface area contributed by atoms with Crippen LogP contribution in [0, 0.1) is 6.92 Å². The van der Waals surface area contributed by atoms with Gasteiger partial charge in [-0.1, -0.05) is 0 Å². The first-order chi connectivity index (χ1) is 5.75. The van der Waals surface area contributed by atoms with E-state index in [1.807, 2.05) is 20.0 Å². The third-order valence-corrected chi connectivity index (χ3v) is 1.77. The van der Waals surface area contributed by atoms with Gasteiger partial charge in [-0.2, -0.15) is 0 Å². The summed E-state index contributed by atoms with van der Waals surface area (Å²) < 4.78 is 0. The van der Waals surface area contributed by atoms with Crippen LogP contribution in [0.5, 0.6) is 0 Å². The molecule has 12 heavy (non-hydrogen) atoms. The van der Waals surface area contributed by atoms with Crippen molar-refractivity contribution in [2.75, 3.05) is 5.32 Å². The van der Waals surface area contributed by atoms with E-state index in [1.165, 1.54) is 0 Å². The lowest BCUT2D eigenvalue weighted by molar-refractivity contribution is 0.956. The Kier molecular flexibility index (Phi) is 1.53. The van der Waals surface area contributed by atoms with Crippen LogP contribution in [0.25, 0.3) is 0 Å². The Bertz CT molecular complexity index is 343. The van der Waals surface area contributed by atoms with E-state index < -0.39 is 0 Å². The lowest BCUT2D eigenvalue weighted by Gasteiger charge is -2.14. The third kappa shape index (κ3) is 1.15. The van der Waals surface area contributed by atoms with Crippen LogP contribution >= 0.6 is 0 Å². The maximum atomic E-state index is 4.26. The summed E-state index contributed by atoms with van der Waals surface area (Å²) in [6, 6.07) is 0. The van der Waals surface area contributed by atoms with Gasteiger partial charge in [0.15, 0.2) is 0 Å². The van der Waals surface area contributed by atoms with Crippen molar-refractivity contribution < 1.29 is 0 Å². The Morgan fingerprint density at radius 1 is 1.42 bits per heavy atom. The van der Waals surface area contributed by atoms with Gasteiger partial charge in [0.1, 0.15) is 11.6 Å². The van der Waals surface area contributed by atoms with E-state index in [1.54, 1.807) is 0 Å². The van der Waals surface area contributed by atoms with E-state index in [2.05, 4.69) is 20.3 Å². The fraction of sp³-hybridized carbons (Fsp3) is 0.375. The highest BCUT2D eigenvalue weighted by molar-refractivity contribution is 5.94. The molecule has 0 atom stereocenters. The molecule has 0 saturated carbocycles. The van der Waals surface area contributed by atoms with Gasteiger partial charge in [0.25, 0.3) is 0 Å². The summed E-state index contributed by atoms with van der Waals surface area (Å²) in [6.07, 6.45) is 1.82. The molecule has 2 rings (SSSR count). The number of anilines is 1. The molecular weight excluding hydrogens is 152 g/mol. The van der Waals surface area contributed by atoms with Crippen LogP contribution in [0.15, 0.2) is 11.2 Å². The molecule has 1 aromatic heterocycles. The van der Waals surface area contributed by atoms with Crippen LogP contribution in [0.3, 0.4) is 0 Å². The van der Waals surface area contributed by atoms with E-state index in [4.69, 9.17) is 0 Å². The first-order valence-electron chi connectivity index (χ1n) is 3.86. The van der Waals surface area contributed by atoms with Crippen molar-refractivity contribution in [3.05, 3.63) is 17.6 Å². The van der Waals surface area contributed by atoms with Crippen molar-refractivity contribution in [2.45, 2.75) is 20.4 Å². The van der Waals surface area contributed by atoms with Gasteiger partial charge in [-0.05, 0) is 13.8 Å². The van der Waals surface area contributed by atoms with Crippen molar-refractivity contribution in [2.24, 2.45) is 4.99 Å². The van der Waals surface area contributed by atoms with Crippen LogP contribution in [0.2, 0.25) is 0 Å². The lowest BCUT2D eigenvalue weighted by atomic mass is 10.2. The average molecular weight is 162 g/mol. The predicted octanol–water partition coefficient (Wildman–Crippen LogP) is 1.13. The van der Waals surface area contributed by atoms with Gasteiger partial charge in [-0.3, -0.25) is 4.99 Å². The molecule has 62 valence electrons. The highest BCUT2D eigenvalue weighted by atomic mass is 15.1. The molecule has 0 spiro atoms. The number of aromatic nitrogens is 2. The van der Waals surface area contributed by atoms with Crippen LogP contribution in [0.1, 0.15) is 18.3 Å². The largest absolute Gasteiger partial charge is 0.329 e. The Balaban J connectivity index is 2.43. The number of hydrogen-bond acceptors (Lipinski definition) is 4. The summed E-state index contributed by atoms with van der Waals surface area (Å²) in [7, 11) is 0. The quantitative estimate of drug-likeness (QED) is 0.622. The zero-order chi connectivity index (χ0) is 8.55. The first kappa shape index (κ1) is 7.21.